The van der Waals surface area contributed by atoms with Crippen LogP contribution in [0.4, 0.5) is 10.5 Å². The van der Waals surface area contributed by atoms with E-state index < -0.39 is 0 Å². The van der Waals surface area contributed by atoms with E-state index in [-0.39, 0.29) is 6.03 Å². The van der Waals surface area contributed by atoms with Crippen LogP contribution in [-0.2, 0) is 6.54 Å². The predicted molar refractivity (Wildman–Crippen MR) is 56.4 cm³/mol. The molecule has 2 N–H and O–H groups in total. The molecule has 0 atom stereocenters. The molecule has 74 valence electrons. The van der Waals surface area contributed by atoms with Crippen LogP contribution in [0, 0.1) is 0 Å². The van der Waals surface area contributed by atoms with Crippen LogP contribution in [0.5, 0.6) is 0 Å². The molecule has 0 saturated heterocycles. The summed E-state index contributed by atoms with van der Waals surface area (Å²) in [6.07, 6.45) is 0. The van der Waals surface area contributed by atoms with Crippen LogP contribution in [0.3, 0.4) is 0 Å². The number of amides is 2. The number of urea groups is 1. The van der Waals surface area contributed by atoms with Crippen LogP contribution in [0.25, 0.3) is 0 Å². The lowest BCUT2D eigenvalue weighted by atomic mass is 9.99. The Balaban J connectivity index is 2.36. The molecule has 0 spiro atoms. The van der Waals surface area contributed by atoms with E-state index in [4.69, 9.17) is 0 Å². The summed E-state index contributed by atoms with van der Waals surface area (Å²) in [5.74, 6) is 0.526. The number of carbonyl (C=O) groups is 1. The molecule has 3 heteroatoms. The maximum absolute atomic E-state index is 11.0. The number of benzene rings is 1. The molecule has 0 unspecified atom stereocenters. The van der Waals surface area contributed by atoms with Gasteiger partial charge in [0.15, 0.2) is 0 Å². The van der Waals surface area contributed by atoms with E-state index >= 15 is 0 Å². The first-order valence-electron chi connectivity index (χ1n) is 4.84. The SMILES string of the molecule is CC(C)c1ccc2c(c1)CNC(=O)N2. The van der Waals surface area contributed by atoms with E-state index in [0.717, 1.165) is 11.3 Å². The van der Waals surface area contributed by atoms with E-state index in [2.05, 4.69) is 36.6 Å². The Morgan fingerprint density at radius 2 is 2.14 bits per heavy atom. The van der Waals surface area contributed by atoms with E-state index in [1.165, 1.54) is 5.56 Å². The zero-order chi connectivity index (χ0) is 10.1. The summed E-state index contributed by atoms with van der Waals surface area (Å²) in [5, 5.41) is 5.53. The summed E-state index contributed by atoms with van der Waals surface area (Å²) in [6, 6.07) is 6.07. The van der Waals surface area contributed by atoms with Crippen molar-refractivity contribution in [1.29, 1.82) is 0 Å². The fourth-order valence-electron chi connectivity index (χ4n) is 1.58. The average Bonchev–Trinajstić information content (AvgIpc) is 2.16. The predicted octanol–water partition coefficient (Wildman–Crippen LogP) is 2.45. The molecule has 2 rings (SSSR count). The van der Waals surface area contributed by atoms with Gasteiger partial charge >= 0.3 is 6.03 Å². The van der Waals surface area contributed by atoms with E-state index in [0.29, 0.717) is 12.5 Å². The smallest absolute Gasteiger partial charge is 0.319 e. The Kier molecular flexibility index (Phi) is 2.15. The van der Waals surface area contributed by atoms with Gasteiger partial charge in [-0.05, 0) is 23.1 Å². The third-order valence-corrected chi connectivity index (χ3v) is 2.48. The van der Waals surface area contributed by atoms with E-state index in [9.17, 15) is 4.79 Å². The fourth-order valence-corrected chi connectivity index (χ4v) is 1.58. The zero-order valence-electron chi connectivity index (χ0n) is 8.42. The van der Waals surface area contributed by atoms with Gasteiger partial charge in [0, 0.05) is 12.2 Å². The van der Waals surface area contributed by atoms with Gasteiger partial charge in [-0.15, -0.1) is 0 Å². The molecular weight excluding hydrogens is 176 g/mol. The lowest BCUT2D eigenvalue weighted by Gasteiger charge is -2.19. The van der Waals surface area contributed by atoms with Crippen molar-refractivity contribution >= 4 is 11.7 Å². The highest BCUT2D eigenvalue weighted by Gasteiger charge is 2.14. The molecule has 0 fully saturated rings. The largest absolute Gasteiger partial charge is 0.334 e. The summed E-state index contributed by atoms with van der Waals surface area (Å²) in [4.78, 5) is 11.0. The molecule has 0 aliphatic carbocycles. The highest BCUT2D eigenvalue weighted by Crippen LogP contribution is 2.24. The summed E-state index contributed by atoms with van der Waals surface area (Å²) in [7, 11) is 0. The highest BCUT2D eigenvalue weighted by atomic mass is 16.2. The minimum Gasteiger partial charge on any atom is -0.334 e. The monoisotopic (exact) mass is 190 g/mol. The van der Waals surface area contributed by atoms with Crippen molar-refractivity contribution < 1.29 is 4.79 Å². The molecule has 1 aliphatic rings. The molecule has 2 amide bonds. The third-order valence-electron chi connectivity index (χ3n) is 2.48. The van der Waals surface area contributed by atoms with Gasteiger partial charge in [-0.2, -0.15) is 0 Å². The summed E-state index contributed by atoms with van der Waals surface area (Å²) >= 11 is 0. The van der Waals surface area contributed by atoms with Crippen molar-refractivity contribution in [1.82, 2.24) is 5.32 Å². The van der Waals surface area contributed by atoms with Gasteiger partial charge in [0.25, 0.3) is 0 Å². The second-order valence-corrected chi connectivity index (χ2v) is 3.88. The van der Waals surface area contributed by atoms with E-state index in [1.807, 2.05) is 6.07 Å². The second-order valence-electron chi connectivity index (χ2n) is 3.88. The molecular formula is C11H14N2O. The van der Waals surface area contributed by atoms with Gasteiger partial charge in [-0.3, -0.25) is 0 Å². The quantitative estimate of drug-likeness (QED) is 0.701. The highest BCUT2D eigenvalue weighted by molar-refractivity contribution is 5.92. The number of fused-ring (bicyclic) bond motifs is 1. The van der Waals surface area contributed by atoms with Gasteiger partial charge in [0.05, 0.1) is 0 Å². The Morgan fingerprint density at radius 1 is 1.36 bits per heavy atom. The Bertz CT molecular complexity index is 372. The molecule has 0 radical (unpaired) electrons. The lowest BCUT2D eigenvalue weighted by Crippen LogP contribution is -2.33. The van der Waals surface area contributed by atoms with Gasteiger partial charge in [0.1, 0.15) is 0 Å². The Morgan fingerprint density at radius 3 is 2.86 bits per heavy atom. The first-order chi connectivity index (χ1) is 6.66. The first-order valence-corrected chi connectivity index (χ1v) is 4.84. The number of anilines is 1. The van der Waals surface area contributed by atoms with Crippen molar-refractivity contribution in [3.05, 3.63) is 29.3 Å². The van der Waals surface area contributed by atoms with Crippen molar-refractivity contribution in [3.63, 3.8) is 0 Å². The van der Waals surface area contributed by atoms with Gasteiger partial charge in [-0.25, -0.2) is 4.79 Å². The van der Waals surface area contributed by atoms with Gasteiger partial charge < -0.3 is 10.6 Å². The molecule has 3 nitrogen and oxygen atoms in total. The van der Waals surface area contributed by atoms with Gasteiger partial charge in [0.2, 0.25) is 0 Å². The molecule has 1 aromatic carbocycles. The maximum atomic E-state index is 11.0. The van der Waals surface area contributed by atoms with Crippen molar-refractivity contribution in [2.75, 3.05) is 5.32 Å². The second kappa shape index (κ2) is 3.33. The average molecular weight is 190 g/mol. The van der Waals surface area contributed by atoms with Crippen LogP contribution in [0.15, 0.2) is 18.2 Å². The lowest BCUT2D eigenvalue weighted by molar-refractivity contribution is 0.251. The molecule has 0 aromatic heterocycles. The first kappa shape index (κ1) is 9.06. The number of hydrogen-bond donors (Lipinski definition) is 2. The Hall–Kier alpha value is -1.51. The summed E-state index contributed by atoms with van der Waals surface area (Å²) < 4.78 is 0. The van der Waals surface area contributed by atoms with Crippen LogP contribution >= 0.6 is 0 Å². The van der Waals surface area contributed by atoms with Gasteiger partial charge in [-0.1, -0.05) is 26.0 Å². The van der Waals surface area contributed by atoms with Crippen LogP contribution in [0.2, 0.25) is 0 Å². The van der Waals surface area contributed by atoms with E-state index in [1.54, 1.807) is 0 Å². The van der Waals surface area contributed by atoms with Crippen LogP contribution < -0.4 is 10.6 Å². The molecule has 1 heterocycles. The normalized spacial score (nSPS) is 14.6. The molecule has 1 aromatic rings. The minimum atomic E-state index is -0.116. The molecule has 0 bridgehead atoms. The molecule has 14 heavy (non-hydrogen) atoms. The molecule has 1 aliphatic heterocycles. The van der Waals surface area contributed by atoms with Crippen molar-refractivity contribution in [2.45, 2.75) is 26.3 Å². The number of carbonyl (C=O) groups excluding carboxylic acids is 1. The standard InChI is InChI=1S/C11H14N2O/c1-7(2)8-3-4-10-9(5-8)6-12-11(14)13-10/h3-5,7H,6H2,1-2H3,(H2,12,13,14). The summed E-state index contributed by atoms with van der Waals surface area (Å²) in [6.45, 7) is 4.95. The zero-order valence-corrected chi connectivity index (χ0v) is 8.42. The number of rotatable bonds is 1. The third kappa shape index (κ3) is 1.58. The number of nitrogens with one attached hydrogen (secondary N) is 2. The summed E-state index contributed by atoms with van der Waals surface area (Å²) in [5.41, 5.74) is 3.40. The van der Waals surface area contributed by atoms with Crippen LogP contribution in [0.1, 0.15) is 30.9 Å². The topological polar surface area (TPSA) is 41.1 Å². The van der Waals surface area contributed by atoms with Crippen molar-refractivity contribution in [2.24, 2.45) is 0 Å². The Labute approximate surface area is 83.5 Å². The fraction of sp³-hybridized carbons (Fsp3) is 0.364. The number of hydrogen-bond acceptors (Lipinski definition) is 1. The maximum Gasteiger partial charge on any atom is 0.319 e. The molecule has 0 saturated carbocycles. The van der Waals surface area contributed by atoms with Crippen molar-refractivity contribution in [3.8, 4) is 0 Å². The van der Waals surface area contributed by atoms with Crippen LogP contribution in [-0.4, -0.2) is 6.03 Å². The minimum absolute atomic E-state index is 0.116.